The molecule has 0 radical (unpaired) electrons. The van der Waals surface area contributed by atoms with Crippen LogP contribution in [0.25, 0.3) is 22.4 Å². The lowest BCUT2D eigenvalue weighted by Gasteiger charge is -2.17. The van der Waals surface area contributed by atoms with Crippen LogP contribution < -0.4 is 0 Å². The predicted octanol–water partition coefficient (Wildman–Crippen LogP) is 8.19. The minimum absolute atomic E-state index is 0.0795. The highest BCUT2D eigenvalue weighted by atomic mass is 16.1. The van der Waals surface area contributed by atoms with Gasteiger partial charge in [0.2, 0.25) is 0 Å². The maximum atomic E-state index is 13.6. The number of ketones is 1. The standard InChI is InChI=1S/C30H28O/c1-2-3-6-18-26(22-23-13-7-4-8-14-23)29-27-19-12-11-15-24(27)20-21-28(29)30(31)25-16-9-5-10-17-25/h4-5,7-17,19-22H,2-3,6,18H2,1H3/b26-22-. The molecular formula is C30H28O. The Bertz CT molecular complexity index is 1190. The summed E-state index contributed by atoms with van der Waals surface area (Å²) in [4.78, 5) is 13.6. The molecule has 1 nitrogen and oxygen atoms in total. The van der Waals surface area contributed by atoms with E-state index in [0.717, 1.165) is 40.3 Å². The van der Waals surface area contributed by atoms with Crippen molar-refractivity contribution in [1.82, 2.24) is 0 Å². The zero-order chi connectivity index (χ0) is 21.5. The van der Waals surface area contributed by atoms with Crippen LogP contribution in [0.1, 0.15) is 59.7 Å². The molecule has 154 valence electrons. The van der Waals surface area contributed by atoms with Gasteiger partial charge in [-0.1, -0.05) is 117 Å². The van der Waals surface area contributed by atoms with Crippen molar-refractivity contribution in [3.05, 3.63) is 119 Å². The van der Waals surface area contributed by atoms with E-state index in [0.29, 0.717) is 0 Å². The summed E-state index contributed by atoms with van der Waals surface area (Å²) in [5.74, 6) is 0.0795. The molecule has 0 N–H and O–H groups in total. The minimum atomic E-state index is 0.0795. The molecule has 0 fully saturated rings. The summed E-state index contributed by atoms with van der Waals surface area (Å²) in [6, 6.07) is 32.5. The van der Waals surface area contributed by atoms with Gasteiger partial charge < -0.3 is 0 Å². The predicted molar refractivity (Wildman–Crippen MR) is 132 cm³/mol. The van der Waals surface area contributed by atoms with Crippen LogP contribution in [0.5, 0.6) is 0 Å². The highest BCUT2D eigenvalue weighted by Crippen LogP contribution is 2.34. The van der Waals surface area contributed by atoms with Gasteiger partial charge in [0, 0.05) is 11.1 Å². The number of rotatable bonds is 8. The van der Waals surface area contributed by atoms with Crippen LogP contribution in [-0.2, 0) is 0 Å². The number of allylic oxidation sites excluding steroid dienone is 1. The molecule has 4 rings (SSSR count). The van der Waals surface area contributed by atoms with Crippen molar-refractivity contribution in [3.8, 4) is 0 Å². The van der Waals surface area contributed by atoms with E-state index >= 15 is 0 Å². The molecule has 0 amide bonds. The van der Waals surface area contributed by atoms with Gasteiger partial charge in [0.15, 0.2) is 5.78 Å². The van der Waals surface area contributed by atoms with E-state index in [4.69, 9.17) is 0 Å². The molecule has 4 aromatic carbocycles. The van der Waals surface area contributed by atoms with E-state index in [-0.39, 0.29) is 5.78 Å². The normalized spacial score (nSPS) is 11.6. The van der Waals surface area contributed by atoms with Crippen molar-refractivity contribution in [2.24, 2.45) is 0 Å². The number of carbonyl (C=O) groups is 1. The van der Waals surface area contributed by atoms with E-state index in [1.54, 1.807) is 0 Å². The van der Waals surface area contributed by atoms with Crippen molar-refractivity contribution >= 4 is 28.2 Å². The van der Waals surface area contributed by atoms with Crippen LogP contribution in [0.4, 0.5) is 0 Å². The van der Waals surface area contributed by atoms with Crippen molar-refractivity contribution in [2.75, 3.05) is 0 Å². The smallest absolute Gasteiger partial charge is 0.193 e. The van der Waals surface area contributed by atoms with E-state index in [1.807, 2.05) is 42.5 Å². The maximum Gasteiger partial charge on any atom is 0.193 e. The second-order valence-corrected chi connectivity index (χ2v) is 7.94. The highest BCUT2D eigenvalue weighted by molar-refractivity contribution is 6.16. The molecular weight excluding hydrogens is 376 g/mol. The Labute approximate surface area is 185 Å². The zero-order valence-electron chi connectivity index (χ0n) is 18.1. The second-order valence-electron chi connectivity index (χ2n) is 7.94. The van der Waals surface area contributed by atoms with Gasteiger partial charge in [0.1, 0.15) is 0 Å². The first-order valence-corrected chi connectivity index (χ1v) is 11.2. The Morgan fingerprint density at radius 2 is 1.42 bits per heavy atom. The summed E-state index contributed by atoms with van der Waals surface area (Å²) in [6.07, 6.45) is 6.67. The molecule has 0 saturated carbocycles. The third-order valence-electron chi connectivity index (χ3n) is 5.72. The molecule has 0 aliphatic rings. The molecule has 0 bridgehead atoms. The van der Waals surface area contributed by atoms with Gasteiger partial charge in [-0.2, -0.15) is 0 Å². The van der Waals surface area contributed by atoms with E-state index < -0.39 is 0 Å². The summed E-state index contributed by atoms with van der Waals surface area (Å²) in [5, 5.41) is 2.31. The second kappa shape index (κ2) is 10.0. The van der Waals surface area contributed by atoms with Crippen LogP contribution in [0, 0.1) is 0 Å². The van der Waals surface area contributed by atoms with Crippen LogP contribution in [-0.4, -0.2) is 5.78 Å². The lowest BCUT2D eigenvalue weighted by atomic mass is 9.86. The number of hydrogen-bond donors (Lipinski definition) is 0. The van der Waals surface area contributed by atoms with Crippen molar-refractivity contribution in [3.63, 3.8) is 0 Å². The summed E-state index contributed by atoms with van der Waals surface area (Å²) in [7, 11) is 0. The molecule has 31 heavy (non-hydrogen) atoms. The number of hydrogen-bond acceptors (Lipinski definition) is 1. The topological polar surface area (TPSA) is 17.1 Å². The third kappa shape index (κ3) is 4.83. The highest BCUT2D eigenvalue weighted by Gasteiger charge is 2.19. The quantitative estimate of drug-likeness (QED) is 0.164. The fraction of sp³-hybridized carbons (Fsp3) is 0.167. The third-order valence-corrected chi connectivity index (χ3v) is 5.72. The lowest BCUT2D eigenvalue weighted by Crippen LogP contribution is -2.06. The Hall–Kier alpha value is -3.45. The minimum Gasteiger partial charge on any atom is -0.289 e. The Kier molecular flexibility index (Phi) is 6.74. The zero-order valence-corrected chi connectivity index (χ0v) is 18.1. The molecule has 1 heteroatoms. The van der Waals surface area contributed by atoms with Gasteiger partial charge in [-0.05, 0) is 46.4 Å². The molecule has 0 atom stereocenters. The average molecular weight is 405 g/mol. The average Bonchev–Trinajstić information content (AvgIpc) is 2.83. The van der Waals surface area contributed by atoms with Gasteiger partial charge in [-0.3, -0.25) is 4.79 Å². The van der Waals surface area contributed by atoms with Gasteiger partial charge in [0.05, 0.1) is 0 Å². The van der Waals surface area contributed by atoms with Crippen LogP contribution in [0.15, 0.2) is 97.1 Å². The lowest BCUT2D eigenvalue weighted by molar-refractivity contribution is 0.103. The molecule has 0 aliphatic heterocycles. The number of carbonyl (C=O) groups excluding carboxylic acids is 1. The van der Waals surface area contributed by atoms with Crippen LogP contribution in [0.2, 0.25) is 0 Å². The number of benzene rings is 4. The molecule has 0 aromatic heterocycles. The Balaban J connectivity index is 1.93. The first-order chi connectivity index (χ1) is 15.3. The van der Waals surface area contributed by atoms with Gasteiger partial charge in [-0.25, -0.2) is 0 Å². The first kappa shape index (κ1) is 20.8. The fourth-order valence-electron chi connectivity index (χ4n) is 4.14. The molecule has 4 aromatic rings. The molecule has 0 unspecified atom stereocenters. The van der Waals surface area contributed by atoms with Crippen LogP contribution in [0.3, 0.4) is 0 Å². The van der Waals surface area contributed by atoms with Crippen molar-refractivity contribution in [2.45, 2.75) is 32.6 Å². The summed E-state index contributed by atoms with van der Waals surface area (Å²) in [5.41, 5.74) is 4.98. The van der Waals surface area contributed by atoms with Crippen molar-refractivity contribution < 1.29 is 4.79 Å². The molecule has 0 saturated heterocycles. The van der Waals surface area contributed by atoms with Gasteiger partial charge in [0.25, 0.3) is 0 Å². The van der Waals surface area contributed by atoms with Crippen molar-refractivity contribution in [1.29, 1.82) is 0 Å². The summed E-state index contributed by atoms with van der Waals surface area (Å²) < 4.78 is 0. The molecule has 0 aliphatic carbocycles. The molecule has 0 heterocycles. The molecule has 0 spiro atoms. The largest absolute Gasteiger partial charge is 0.289 e. The number of unbranched alkanes of at least 4 members (excludes halogenated alkanes) is 2. The SMILES string of the molecule is CCCCC/C(=C/c1ccccc1)c1c(C(=O)c2ccccc2)ccc2ccccc12. The van der Waals surface area contributed by atoms with E-state index in [1.165, 1.54) is 24.0 Å². The fourth-order valence-corrected chi connectivity index (χ4v) is 4.14. The summed E-state index contributed by atoms with van der Waals surface area (Å²) in [6.45, 7) is 2.23. The Morgan fingerprint density at radius 3 is 2.16 bits per heavy atom. The van der Waals surface area contributed by atoms with Gasteiger partial charge in [-0.15, -0.1) is 0 Å². The monoisotopic (exact) mass is 404 g/mol. The summed E-state index contributed by atoms with van der Waals surface area (Å²) >= 11 is 0. The Morgan fingerprint density at radius 1 is 0.742 bits per heavy atom. The first-order valence-electron chi connectivity index (χ1n) is 11.2. The van der Waals surface area contributed by atoms with E-state index in [9.17, 15) is 4.79 Å². The maximum absolute atomic E-state index is 13.6. The van der Waals surface area contributed by atoms with Gasteiger partial charge >= 0.3 is 0 Å². The van der Waals surface area contributed by atoms with Crippen LogP contribution >= 0.6 is 0 Å². The van der Waals surface area contributed by atoms with E-state index in [2.05, 4.69) is 67.6 Å². The number of fused-ring (bicyclic) bond motifs is 1.